The Kier molecular flexibility index (Phi) is 22.7. The highest BCUT2D eigenvalue weighted by Gasteiger charge is 2.20. The van der Waals surface area contributed by atoms with Crippen molar-refractivity contribution in [2.45, 2.75) is 138 Å². The van der Waals surface area contributed by atoms with Gasteiger partial charge >= 0.3 is 11.9 Å². The van der Waals surface area contributed by atoms with Gasteiger partial charge in [0.2, 0.25) is 0 Å². The SMILES string of the molecule is CC=CCOC(=O)CC(CCC(C)CCCC(C)CCCC(C)CCCC(C)C)OC(=O)CCCN(C)C. The number of allylic oxidation sites excluding steroid dienone is 1. The highest BCUT2D eigenvalue weighted by atomic mass is 16.6. The summed E-state index contributed by atoms with van der Waals surface area (Å²) in [6.45, 7) is 14.7. The standard InChI is InChI=1S/C33H63NO4/c1-9-10-25-37-33(36)26-31(38-32(35)21-14-24-34(7)8)23-22-30(6)20-13-19-29(5)18-12-17-28(4)16-11-15-27(2)3/h9-10,27-31H,11-26H2,1-8H3. The third kappa shape index (κ3) is 23.7. The Bertz CT molecular complexity index is 616. The molecule has 0 aliphatic heterocycles. The molecular weight excluding hydrogens is 474 g/mol. The molecule has 0 aliphatic rings. The maximum Gasteiger partial charge on any atom is 0.309 e. The lowest BCUT2D eigenvalue weighted by Crippen LogP contribution is -2.24. The van der Waals surface area contributed by atoms with E-state index in [4.69, 9.17) is 9.47 Å². The smallest absolute Gasteiger partial charge is 0.309 e. The van der Waals surface area contributed by atoms with Crippen molar-refractivity contribution >= 4 is 11.9 Å². The molecule has 0 spiro atoms. The average Bonchev–Trinajstić information content (AvgIpc) is 2.82. The van der Waals surface area contributed by atoms with E-state index in [1.165, 1.54) is 57.8 Å². The molecule has 0 aromatic carbocycles. The van der Waals surface area contributed by atoms with E-state index in [0.29, 0.717) is 18.8 Å². The molecule has 0 rings (SSSR count). The Morgan fingerprint density at radius 2 is 1.24 bits per heavy atom. The summed E-state index contributed by atoms with van der Waals surface area (Å²) in [5.41, 5.74) is 0. The topological polar surface area (TPSA) is 55.8 Å². The molecule has 0 heterocycles. The third-order valence-electron chi connectivity index (χ3n) is 7.50. The second-order valence-electron chi connectivity index (χ2n) is 12.6. The molecule has 0 amide bonds. The van der Waals surface area contributed by atoms with Crippen LogP contribution in [0.4, 0.5) is 0 Å². The van der Waals surface area contributed by atoms with Gasteiger partial charge in [-0.1, -0.05) is 105 Å². The van der Waals surface area contributed by atoms with Gasteiger partial charge in [0, 0.05) is 6.42 Å². The van der Waals surface area contributed by atoms with Crippen molar-refractivity contribution in [1.29, 1.82) is 0 Å². The van der Waals surface area contributed by atoms with Crippen LogP contribution in [-0.4, -0.2) is 50.2 Å². The van der Waals surface area contributed by atoms with Gasteiger partial charge in [-0.25, -0.2) is 0 Å². The van der Waals surface area contributed by atoms with E-state index < -0.39 is 6.10 Å². The molecule has 0 aromatic heterocycles. The molecule has 224 valence electrons. The van der Waals surface area contributed by atoms with Crippen LogP contribution in [0.25, 0.3) is 0 Å². The first-order valence-electron chi connectivity index (χ1n) is 15.6. The Hall–Kier alpha value is -1.36. The molecule has 0 aromatic rings. The summed E-state index contributed by atoms with van der Waals surface area (Å²) in [4.78, 5) is 26.7. The Labute approximate surface area is 236 Å². The fourth-order valence-electron chi connectivity index (χ4n) is 4.88. The van der Waals surface area contributed by atoms with Crippen molar-refractivity contribution in [2.24, 2.45) is 23.7 Å². The number of carbonyl (C=O) groups is 2. The van der Waals surface area contributed by atoms with Crippen molar-refractivity contribution in [1.82, 2.24) is 4.90 Å². The first kappa shape index (κ1) is 36.6. The van der Waals surface area contributed by atoms with Crippen LogP contribution < -0.4 is 0 Å². The van der Waals surface area contributed by atoms with Crippen LogP contribution in [0.15, 0.2) is 12.2 Å². The molecule has 4 atom stereocenters. The summed E-state index contributed by atoms with van der Waals surface area (Å²) in [6.07, 6.45) is 18.1. The van der Waals surface area contributed by atoms with Gasteiger partial charge in [-0.2, -0.15) is 0 Å². The van der Waals surface area contributed by atoms with Crippen molar-refractivity contribution in [3.63, 3.8) is 0 Å². The minimum atomic E-state index is -0.399. The van der Waals surface area contributed by atoms with Crippen LogP contribution >= 0.6 is 0 Å². The predicted molar refractivity (Wildman–Crippen MR) is 161 cm³/mol. The average molecular weight is 538 g/mol. The zero-order valence-corrected chi connectivity index (χ0v) is 26.4. The molecule has 0 saturated heterocycles. The van der Waals surface area contributed by atoms with Crippen LogP contribution in [0, 0.1) is 23.7 Å². The lowest BCUT2D eigenvalue weighted by Gasteiger charge is -2.20. The lowest BCUT2D eigenvalue weighted by molar-refractivity contribution is -0.155. The highest BCUT2D eigenvalue weighted by Crippen LogP contribution is 2.24. The van der Waals surface area contributed by atoms with Crippen molar-refractivity contribution in [3.05, 3.63) is 12.2 Å². The van der Waals surface area contributed by atoms with E-state index in [-0.39, 0.29) is 25.0 Å². The van der Waals surface area contributed by atoms with Gasteiger partial charge in [-0.3, -0.25) is 9.59 Å². The maximum absolute atomic E-state index is 12.4. The number of hydrogen-bond donors (Lipinski definition) is 0. The fourth-order valence-corrected chi connectivity index (χ4v) is 4.88. The largest absolute Gasteiger partial charge is 0.462 e. The van der Waals surface area contributed by atoms with Crippen LogP contribution in [-0.2, 0) is 19.1 Å². The van der Waals surface area contributed by atoms with E-state index in [0.717, 1.165) is 37.1 Å². The molecule has 4 unspecified atom stereocenters. The Morgan fingerprint density at radius 1 is 0.711 bits per heavy atom. The second-order valence-corrected chi connectivity index (χ2v) is 12.6. The molecule has 0 aliphatic carbocycles. The predicted octanol–water partition coefficient (Wildman–Crippen LogP) is 8.60. The number of nitrogens with zero attached hydrogens (tertiary/aromatic N) is 1. The van der Waals surface area contributed by atoms with Gasteiger partial charge in [0.15, 0.2) is 0 Å². The molecule has 0 bridgehead atoms. The number of hydrogen-bond acceptors (Lipinski definition) is 5. The number of esters is 2. The van der Waals surface area contributed by atoms with Gasteiger partial charge in [0.1, 0.15) is 12.7 Å². The van der Waals surface area contributed by atoms with E-state index >= 15 is 0 Å². The lowest BCUT2D eigenvalue weighted by atomic mass is 9.90. The summed E-state index contributed by atoms with van der Waals surface area (Å²) in [5, 5.41) is 0. The van der Waals surface area contributed by atoms with Gasteiger partial charge in [-0.15, -0.1) is 0 Å². The minimum absolute atomic E-state index is 0.136. The molecular formula is C33H63NO4. The maximum atomic E-state index is 12.4. The number of carbonyl (C=O) groups excluding carboxylic acids is 2. The summed E-state index contributed by atoms with van der Waals surface area (Å²) >= 11 is 0. The van der Waals surface area contributed by atoms with E-state index in [2.05, 4.69) is 39.5 Å². The molecule has 0 N–H and O–H groups in total. The van der Waals surface area contributed by atoms with Crippen molar-refractivity contribution in [2.75, 3.05) is 27.2 Å². The Balaban J connectivity index is 4.33. The molecule has 5 heteroatoms. The second kappa shape index (κ2) is 23.5. The van der Waals surface area contributed by atoms with Gasteiger partial charge < -0.3 is 14.4 Å². The van der Waals surface area contributed by atoms with E-state index in [1.807, 2.05) is 27.1 Å². The summed E-state index contributed by atoms with van der Waals surface area (Å²) in [7, 11) is 3.99. The first-order chi connectivity index (χ1) is 18.0. The molecule has 0 fully saturated rings. The third-order valence-corrected chi connectivity index (χ3v) is 7.50. The van der Waals surface area contributed by atoms with Crippen LogP contribution in [0.2, 0.25) is 0 Å². The number of rotatable bonds is 24. The monoisotopic (exact) mass is 537 g/mol. The minimum Gasteiger partial charge on any atom is -0.462 e. The van der Waals surface area contributed by atoms with Gasteiger partial charge in [-0.05, 0) is 70.5 Å². The first-order valence-corrected chi connectivity index (χ1v) is 15.6. The summed E-state index contributed by atoms with van der Waals surface area (Å²) in [6, 6.07) is 0. The zero-order valence-electron chi connectivity index (χ0n) is 26.4. The summed E-state index contributed by atoms with van der Waals surface area (Å²) < 4.78 is 11.0. The number of ether oxygens (including phenoxy) is 2. The Morgan fingerprint density at radius 3 is 1.74 bits per heavy atom. The van der Waals surface area contributed by atoms with Crippen molar-refractivity contribution < 1.29 is 19.1 Å². The quantitative estimate of drug-likeness (QED) is 0.0911. The van der Waals surface area contributed by atoms with Crippen molar-refractivity contribution in [3.8, 4) is 0 Å². The van der Waals surface area contributed by atoms with Crippen LogP contribution in [0.3, 0.4) is 0 Å². The van der Waals surface area contributed by atoms with Gasteiger partial charge in [0.25, 0.3) is 0 Å². The van der Waals surface area contributed by atoms with E-state index in [9.17, 15) is 9.59 Å². The highest BCUT2D eigenvalue weighted by molar-refractivity contribution is 5.72. The zero-order chi connectivity index (χ0) is 28.8. The van der Waals surface area contributed by atoms with E-state index in [1.54, 1.807) is 6.08 Å². The molecule has 0 saturated carbocycles. The molecule has 5 nitrogen and oxygen atoms in total. The fraction of sp³-hybridized carbons (Fsp3) is 0.879. The molecule has 0 radical (unpaired) electrons. The normalized spacial score (nSPS) is 15.1. The van der Waals surface area contributed by atoms with Crippen LogP contribution in [0.5, 0.6) is 0 Å². The van der Waals surface area contributed by atoms with Crippen LogP contribution in [0.1, 0.15) is 131 Å². The summed E-state index contributed by atoms with van der Waals surface area (Å²) in [5.74, 6) is 2.51. The molecule has 38 heavy (non-hydrogen) atoms. The van der Waals surface area contributed by atoms with Gasteiger partial charge in [0.05, 0.1) is 6.42 Å².